The number of nitrogens with zero attached hydrogens (tertiary/aromatic N) is 4. The summed E-state index contributed by atoms with van der Waals surface area (Å²) in [6, 6.07) is 7.08. The van der Waals surface area contributed by atoms with Crippen LogP contribution in [-0.4, -0.2) is 25.8 Å². The Morgan fingerprint density at radius 3 is 2.73 bits per heavy atom. The molecule has 1 aliphatic rings. The molecule has 1 atom stereocenters. The average molecular weight is 681 g/mol. The zero-order valence-electron chi connectivity index (χ0n) is 20.5. The van der Waals surface area contributed by atoms with Crippen LogP contribution in [0.1, 0.15) is 48.7 Å². The second-order valence-electron chi connectivity index (χ2n) is 8.83. The lowest BCUT2D eigenvalue weighted by Crippen LogP contribution is -2.27. The molecule has 3 aromatic heterocycles. The molecule has 5 rings (SSSR count). The number of nitrogen functional groups attached to an aromatic ring is 1. The van der Waals surface area contributed by atoms with Gasteiger partial charge in [-0.25, -0.2) is 28.7 Å². The van der Waals surface area contributed by atoms with Gasteiger partial charge >= 0.3 is 3.93 Å². The molecule has 0 radical (unpaired) electrons. The molecule has 0 saturated heterocycles. The number of nitrogens with two attached hydrogens (primary N) is 1. The third-order valence-electron chi connectivity index (χ3n) is 6.12. The fourth-order valence-corrected chi connectivity index (χ4v) is 5.36. The summed E-state index contributed by atoms with van der Waals surface area (Å²) in [6.45, 7) is 0.0743. The van der Waals surface area contributed by atoms with Crippen LogP contribution in [0.2, 0.25) is 0 Å². The molecule has 4 N–H and O–H groups in total. The highest BCUT2D eigenvalue weighted by Gasteiger charge is 2.31. The van der Waals surface area contributed by atoms with Crippen LogP contribution in [-0.2, 0) is 23.4 Å². The number of hydrogen-bond donors (Lipinski definition) is 3. The van der Waals surface area contributed by atoms with Gasteiger partial charge in [-0.05, 0) is 42.3 Å². The Bertz CT molecular complexity index is 1610. The maximum absolute atomic E-state index is 13.9. The number of carbonyl (C=O) groups is 1. The summed E-state index contributed by atoms with van der Waals surface area (Å²) >= 11 is 2.44. The number of rotatable bonds is 8. The first-order valence-corrected chi connectivity index (χ1v) is 13.7. The maximum atomic E-state index is 13.9. The zero-order chi connectivity index (χ0) is 28.4. The van der Waals surface area contributed by atoms with Gasteiger partial charge in [0.15, 0.2) is 23.1 Å². The van der Waals surface area contributed by atoms with Crippen LogP contribution in [0.15, 0.2) is 48.9 Å². The lowest BCUT2D eigenvalue weighted by molar-refractivity contribution is 0.0942. The maximum Gasteiger partial charge on any atom is 0.339 e. The van der Waals surface area contributed by atoms with Crippen molar-refractivity contribution in [2.45, 2.75) is 29.4 Å². The lowest BCUT2D eigenvalue weighted by atomic mass is 9.91. The van der Waals surface area contributed by atoms with Crippen molar-refractivity contribution < 1.29 is 22.4 Å². The van der Waals surface area contributed by atoms with Crippen LogP contribution in [0.3, 0.4) is 0 Å². The smallest absolute Gasteiger partial charge is 0.339 e. The summed E-state index contributed by atoms with van der Waals surface area (Å²) in [4.78, 5) is 31.1. The van der Waals surface area contributed by atoms with Crippen molar-refractivity contribution in [2.24, 2.45) is 0 Å². The van der Waals surface area contributed by atoms with Crippen molar-refractivity contribution in [1.82, 2.24) is 25.3 Å². The summed E-state index contributed by atoms with van der Waals surface area (Å²) in [7, 11) is 0. The molecule has 14 heteroatoms. The number of aromatic nitrogens is 4. The van der Waals surface area contributed by atoms with Crippen LogP contribution in [0.5, 0.6) is 0 Å². The topological polar surface area (TPSA) is 119 Å². The number of thiophene rings is 1. The molecule has 8 nitrogen and oxygen atoms in total. The van der Waals surface area contributed by atoms with Gasteiger partial charge in [0.25, 0.3) is 5.91 Å². The Kier molecular flexibility index (Phi) is 7.98. The van der Waals surface area contributed by atoms with E-state index in [-0.39, 0.29) is 36.1 Å². The molecule has 40 heavy (non-hydrogen) atoms. The highest BCUT2D eigenvalue weighted by Crippen LogP contribution is 2.36. The zero-order valence-corrected chi connectivity index (χ0v) is 23.4. The summed E-state index contributed by atoms with van der Waals surface area (Å²) < 4.78 is 51.3. The van der Waals surface area contributed by atoms with Gasteiger partial charge in [-0.1, -0.05) is 12.1 Å². The molecule has 206 valence electrons. The van der Waals surface area contributed by atoms with E-state index in [0.29, 0.717) is 12.2 Å². The van der Waals surface area contributed by atoms with Gasteiger partial charge in [-0.2, -0.15) is 8.78 Å². The van der Waals surface area contributed by atoms with Crippen LogP contribution in [0, 0.1) is 11.6 Å². The number of amides is 1. The van der Waals surface area contributed by atoms with E-state index in [2.05, 4.69) is 36.6 Å². The molecule has 0 saturated carbocycles. The van der Waals surface area contributed by atoms with Crippen molar-refractivity contribution in [2.75, 3.05) is 11.1 Å². The van der Waals surface area contributed by atoms with E-state index in [1.54, 1.807) is 0 Å². The Morgan fingerprint density at radius 2 is 1.95 bits per heavy atom. The van der Waals surface area contributed by atoms with Crippen molar-refractivity contribution in [3.8, 4) is 0 Å². The monoisotopic (exact) mass is 681 g/mol. The summed E-state index contributed by atoms with van der Waals surface area (Å²) in [5, 5.41) is 5.50. The Hall–Kier alpha value is -3.66. The Balaban J connectivity index is 1.30. The molecule has 1 unspecified atom stereocenters. The molecule has 1 amide bonds. The SMILES string of the molecule is Nc1ncnc2c1CC(c1ccc(CNc3ncc(C(F)(F)I)nc3C(=O)NCc3ccc(F)c(F)c3)s1)C=C2. The molecular weight excluding hydrogens is 661 g/mol. The molecule has 0 bridgehead atoms. The molecule has 1 aromatic carbocycles. The largest absolute Gasteiger partial charge is 0.383 e. The highest BCUT2D eigenvalue weighted by molar-refractivity contribution is 14.1. The first-order valence-electron chi connectivity index (χ1n) is 11.8. The Labute approximate surface area is 243 Å². The van der Waals surface area contributed by atoms with Crippen molar-refractivity contribution >= 4 is 57.5 Å². The molecule has 1 aliphatic carbocycles. The summed E-state index contributed by atoms with van der Waals surface area (Å²) in [5.74, 6) is -2.36. The quantitative estimate of drug-likeness (QED) is 0.127. The van der Waals surface area contributed by atoms with Gasteiger partial charge in [0.2, 0.25) is 0 Å². The van der Waals surface area contributed by atoms with E-state index in [9.17, 15) is 22.4 Å². The minimum atomic E-state index is -3.36. The van der Waals surface area contributed by atoms with Crippen molar-refractivity contribution in [3.63, 3.8) is 0 Å². The second kappa shape index (κ2) is 11.4. The van der Waals surface area contributed by atoms with Crippen LogP contribution >= 0.6 is 33.9 Å². The third kappa shape index (κ3) is 6.22. The predicted molar refractivity (Wildman–Crippen MR) is 151 cm³/mol. The normalized spacial score (nSPS) is 14.6. The first kappa shape index (κ1) is 27.9. The van der Waals surface area contributed by atoms with Gasteiger partial charge in [0.05, 0.1) is 18.4 Å². The second-order valence-corrected chi connectivity index (χ2v) is 11.4. The fourth-order valence-electron chi connectivity index (χ4n) is 4.07. The number of anilines is 2. The molecule has 0 fully saturated rings. The minimum Gasteiger partial charge on any atom is -0.383 e. The number of nitrogens with one attached hydrogen (secondary N) is 2. The van der Waals surface area contributed by atoms with E-state index in [0.717, 1.165) is 61.9 Å². The molecule has 0 spiro atoms. The molecule has 0 aliphatic heterocycles. The standard InChI is InChI=1S/C26H20F4IN7OS/c27-17-4-1-13(7-18(17)28)9-35-25(39)22-24(34-11-21(38-22)26(29,30)31)33-10-15-3-6-20(40-15)14-2-5-19-16(8-14)23(32)37-12-36-19/h1-7,11-12,14H,8-10H2,(H,33,34)(H,35,39)(H2,32,36,37). The van der Waals surface area contributed by atoms with Gasteiger partial charge in [0.1, 0.15) is 17.8 Å². The predicted octanol–water partition coefficient (Wildman–Crippen LogP) is 5.57. The number of benzene rings is 1. The number of hydrogen-bond acceptors (Lipinski definition) is 8. The lowest BCUT2D eigenvalue weighted by Gasteiger charge is -2.18. The molecule has 3 heterocycles. The number of carbonyl (C=O) groups excluding carboxylic acids is 1. The highest BCUT2D eigenvalue weighted by atomic mass is 127. The summed E-state index contributed by atoms with van der Waals surface area (Å²) in [5.41, 5.74) is 6.96. The molecule has 4 aromatic rings. The van der Waals surface area contributed by atoms with Crippen molar-refractivity contribution in [1.29, 1.82) is 0 Å². The minimum absolute atomic E-state index is 0.00134. The van der Waals surface area contributed by atoms with E-state index in [1.807, 2.05) is 18.2 Å². The fraction of sp³-hybridized carbons (Fsp3) is 0.192. The summed E-state index contributed by atoms with van der Waals surface area (Å²) in [6.07, 6.45) is 6.97. The number of fused-ring (bicyclic) bond motifs is 1. The van der Waals surface area contributed by atoms with Crippen molar-refractivity contribution in [3.05, 3.63) is 98.5 Å². The van der Waals surface area contributed by atoms with Gasteiger partial charge < -0.3 is 16.4 Å². The van der Waals surface area contributed by atoms with Crippen LogP contribution < -0.4 is 16.4 Å². The van der Waals surface area contributed by atoms with E-state index < -0.39 is 27.2 Å². The number of allylic oxidation sites excluding steroid dienone is 1. The third-order valence-corrected chi connectivity index (χ3v) is 7.89. The number of alkyl halides is 3. The van der Waals surface area contributed by atoms with Crippen LogP contribution in [0.25, 0.3) is 6.08 Å². The van der Waals surface area contributed by atoms with Crippen LogP contribution in [0.4, 0.5) is 29.2 Å². The van der Waals surface area contributed by atoms with Gasteiger partial charge in [-0.15, -0.1) is 11.3 Å². The van der Waals surface area contributed by atoms with E-state index in [1.165, 1.54) is 23.7 Å². The van der Waals surface area contributed by atoms with E-state index >= 15 is 0 Å². The van der Waals surface area contributed by atoms with E-state index in [4.69, 9.17) is 5.73 Å². The van der Waals surface area contributed by atoms with Gasteiger partial charge in [-0.3, -0.25) is 4.79 Å². The molecular formula is C26H20F4IN7OS. The Morgan fingerprint density at radius 1 is 1.12 bits per heavy atom. The number of halogens is 5. The van der Waals surface area contributed by atoms with Gasteiger partial charge in [0, 0.05) is 50.4 Å². The average Bonchev–Trinajstić information content (AvgIpc) is 3.41. The first-order chi connectivity index (χ1) is 19.1.